The van der Waals surface area contributed by atoms with E-state index in [2.05, 4.69) is 35.8 Å². The highest BCUT2D eigenvalue weighted by atomic mass is 79.9. The lowest BCUT2D eigenvalue weighted by Crippen LogP contribution is -2.36. The van der Waals surface area contributed by atoms with Crippen LogP contribution in [-0.4, -0.2) is 16.8 Å². The first-order valence-corrected chi connectivity index (χ1v) is 8.26. The molecule has 0 fully saturated rings. The Balaban J connectivity index is 2.29. The lowest BCUT2D eigenvalue weighted by Gasteiger charge is -2.27. The fourth-order valence-corrected chi connectivity index (χ4v) is 3.14. The van der Waals surface area contributed by atoms with E-state index in [-0.39, 0.29) is 11.9 Å². The highest BCUT2D eigenvalue weighted by Gasteiger charge is 2.21. The van der Waals surface area contributed by atoms with Gasteiger partial charge in [-0.1, -0.05) is 17.7 Å². The number of amides is 1. The Kier molecular flexibility index (Phi) is 5.00. The maximum atomic E-state index is 12.8. The first-order chi connectivity index (χ1) is 9.49. The molecule has 1 aromatic carbocycles. The zero-order valence-electron chi connectivity index (χ0n) is 11.9. The van der Waals surface area contributed by atoms with Crippen molar-refractivity contribution in [1.82, 2.24) is 4.90 Å². The quantitative estimate of drug-likeness (QED) is 0.769. The summed E-state index contributed by atoms with van der Waals surface area (Å²) in [5.74, 6) is 0.0731. The maximum Gasteiger partial charge on any atom is 0.255 e. The van der Waals surface area contributed by atoms with Gasteiger partial charge in [0.1, 0.15) is 0 Å². The molecule has 0 saturated heterocycles. The minimum absolute atomic E-state index is 0.0731. The molecule has 0 unspecified atom stereocenters. The Bertz CT molecular complexity index is 593. The molecule has 106 valence electrons. The van der Waals surface area contributed by atoms with E-state index in [0.29, 0.717) is 6.54 Å². The highest BCUT2D eigenvalue weighted by molar-refractivity contribution is 9.10. The highest BCUT2D eigenvalue weighted by Crippen LogP contribution is 2.23. The third-order valence-corrected chi connectivity index (χ3v) is 4.70. The summed E-state index contributed by atoms with van der Waals surface area (Å²) in [6, 6.07) is 10.1. The van der Waals surface area contributed by atoms with Gasteiger partial charge in [-0.2, -0.15) is 0 Å². The van der Waals surface area contributed by atoms with E-state index in [1.807, 2.05) is 41.5 Å². The summed E-state index contributed by atoms with van der Waals surface area (Å²) in [7, 11) is 0. The van der Waals surface area contributed by atoms with Gasteiger partial charge in [0.15, 0.2) is 0 Å². The molecule has 0 aliphatic rings. The molecule has 0 saturated carbocycles. The van der Waals surface area contributed by atoms with Gasteiger partial charge in [0.05, 0.1) is 12.1 Å². The van der Waals surface area contributed by atoms with Crippen molar-refractivity contribution in [3.8, 4) is 0 Å². The predicted octanol–water partition coefficient (Wildman–Crippen LogP) is 4.87. The lowest BCUT2D eigenvalue weighted by molar-refractivity contribution is 0.0691. The fourth-order valence-electron chi connectivity index (χ4n) is 2.02. The molecule has 1 amide bonds. The van der Waals surface area contributed by atoms with Crippen LogP contribution in [0.3, 0.4) is 0 Å². The number of benzene rings is 1. The van der Waals surface area contributed by atoms with E-state index in [4.69, 9.17) is 0 Å². The Morgan fingerprint density at radius 3 is 2.70 bits per heavy atom. The first kappa shape index (κ1) is 15.3. The molecule has 0 bridgehead atoms. The Hall–Kier alpha value is -1.13. The molecule has 2 aromatic rings. The Labute approximate surface area is 132 Å². The summed E-state index contributed by atoms with van der Waals surface area (Å²) in [4.78, 5) is 15.9. The van der Waals surface area contributed by atoms with Gasteiger partial charge in [-0.15, -0.1) is 11.3 Å². The van der Waals surface area contributed by atoms with Crippen molar-refractivity contribution < 1.29 is 4.79 Å². The van der Waals surface area contributed by atoms with Crippen LogP contribution < -0.4 is 0 Å². The molecule has 0 N–H and O–H groups in total. The van der Waals surface area contributed by atoms with Crippen molar-refractivity contribution >= 4 is 33.2 Å². The van der Waals surface area contributed by atoms with Crippen LogP contribution in [0.1, 0.15) is 34.6 Å². The monoisotopic (exact) mass is 351 g/mol. The van der Waals surface area contributed by atoms with Gasteiger partial charge < -0.3 is 4.90 Å². The van der Waals surface area contributed by atoms with Gasteiger partial charge in [-0.3, -0.25) is 4.79 Å². The molecule has 0 aliphatic carbocycles. The smallest absolute Gasteiger partial charge is 0.255 e. The molecule has 4 heteroatoms. The van der Waals surface area contributed by atoms with Crippen LogP contribution in [0.5, 0.6) is 0 Å². The topological polar surface area (TPSA) is 20.3 Å². The van der Waals surface area contributed by atoms with Gasteiger partial charge >= 0.3 is 0 Å². The average molecular weight is 352 g/mol. The second-order valence-corrected chi connectivity index (χ2v) is 6.98. The van der Waals surface area contributed by atoms with Crippen LogP contribution in [0.2, 0.25) is 0 Å². The Morgan fingerprint density at radius 2 is 2.10 bits per heavy atom. The van der Waals surface area contributed by atoms with Gasteiger partial charge in [-0.05, 0) is 60.3 Å². The third kappa shape index (κ3) is 3.49. The molecule has 0 radical (unpaired) electrons. The van der Waals surface area contributed by atoms with E-state index in [9.17, 15) is 4.79 Å². The minimum atomic E-state index is 0.0731. The van der Waals surface area contributed by atoms with Crippen LogP contribution in [0.4, 0.5) is 0 Å². The summed E-state index contributed by atoms with van der Waals surface area (Å²) in [6.45, 7) is 6.77. The lowest BCUT2D eigenvalue weighted by atomic mass is 10.1. The van der Waals surface area contributed by atoms with Crippen molar-refractivity contribution in [2.75, 3.05) is 0 Å². The summed E-state index contributed by atoms with van der Waals surface area (Å²) in [5, 5.41) is 2.04. The normalized spacial score (nSPS) is 10.8. The summed E-state index contributed by atoms with van der Waals surface area (Å²) in [5.41, 5.74) is 1.83. The van der Waals surface area contributed by atoms with Crippen molar-refractivity contribution in [2.45, 2.75) is 33.4 Å². The molecule has 20 heavy (non-hydrogen) atoms. The molecular formula is C16H18BrNOS. The molecule has 1 aromatic heterocycles. The number of hydrogen-bond acceptors (Lipinski definition) is 2. The second kappa shape index (κ2) is 6.55. The predicted molar refractivity (Wildman–Crippen MR) is 88.2 cm³/mol. The number of halogens is 1. The molecule has 0 atom stereocenters. The van der Waals surface area contributed by atoms with E-state index in [1.165, 1.54) is 4.88 Å². The third-order valence-electron chi connectivity index (χ3n) is 3.14. The number of thiophene rings is 1. The van der Waals surface area contributed by atoms with Crippen LogP contribution in [-0.2, 0) is 6.54 Å². The number of aryl methyl sites for hydroxylation is 1. The largest absolute Gasteiger partial charge is 0.331 e. The molecule has 2 rings (SSSR count). The van der Waals surface area contributed by atoms with E-state index in [1.54, 1.807) is 11.3 Å². The van der Waals surface area contributed by atoms with Crippen LogP contribution in [0, 0.1) is 6.92 Å². The number of carbonyl (C=O) groups is 1. The van der Waals surface area contributed by atoms with Crippen molar-refractivity contribution in [3.63, 3.8) is 0 Å². The SMILES string of the molecule is Cc1ccc(Br)c(C(=O)N(Cc2cccs2)C(C)C)c1. The van der Waals surface area contributed by atoms with Crippen LogP contribution >= 0.6 is 27.3 Å². The first-order valence-electron chi connectivity index (χ1n) is 6.58. The summed E-state index contributed by atoms with van der Waals surface area (Å²) < 4.78 is 0.852. The molecule has 1 heterocycles. The van der Waals surface area contributed by atoms with Crippen molar-refractivity contribution in [1.29, 1.82) is 0 Å². The van der Waals surface area contributed by atoms with Crippen LogP contribution in [0.15, 0.2) is 40.2 Å². The second-order valence-electron chi connectivity index (χ2n) is 5.09. The van der Waals surface area contributed by atoms with Gasteiger partial charge in [0.2, 0.25) is 0 Å². The van der Waals surface area contributed by atoms with E-state index < -0.39 is 0 Å². The molecule has 0 aliphatic heterocycles. The molecular weight excluding hydrogens is 334 g/mol. The maximum absolute atomic E-state index is 12.8. The minimum Gasteiger partial charge on any atom is -0.331 e. The fraction of sp³-hybridized carbons (Fsp3) is 0.312. The zero-order valence-corrected chi connectivity index (χ0v) is 14.3. The number of nitrogens with zero attached hydrogens (tertiary/aromatic N) is 1. The van der Waals surface area contributed by atoms with Gasteiger partial charge in [0.25, 0.3) is 5.91 Å². The molecule has 0 spiro atoms. The zero-order chi connectivity index (χ0) is 14.7. The van der Waals surface area contributed by atoms with Crippen LogP contribution in [0.25, 0.3) is 0 Å². The Morgan fingerprint density at radius 1 is 1.35 bits per heavy atom. The number of rotatable bonds is 4. The number of carbonyl (C=O) groups excluding carboxylic acids is 1. The average Bonchev–Trinajstić information content (AvgIpc) is 2.90. The number of hydrogen-bond donors (Lipinski definition) is 0. The summed E-state index contributed by atoms with van der Waals surface area (Å²) >= 11 is 5.16. The van der Waals surface area contributed by atoms with E-state index >= 15 is 0 Å². The van der Waals surface area contributed by atoms with Crippen molar-refractivity contribution in [3.05, 3.63) is 56.2 Å². The standard InChI is InChI=1S/C16H18BrNOS/c1-11(2)18(10-13-5-4-8-20-13)16(19)14-9-12(3)6-7-15(14)17/h4-9,11H,10H2,1-3H3. The summed E-state index contributed by atoms with van der Waals surface area (Å²) in [6.07, 6.45) is 0. The van der Waals surface area contributed by atoms with Gasteiger partial charge in [-0.25, -0.2) is 0 Å². The van der Waals surface area contributed by atoms with Crippen molar-refractivity contribution in [2.24, 2.45) is 0 Å². The van der Waals surface area contributed by atoms with E-state index in [0.717, 1.165) is 15.6 Å². The molecule has 2 nitrogen and oxygen atoms in total. The van der Waals surface area contributed by atoms with Gasteiger partial charge in [0, 0.05) is 15.4 Å².